The van der Waals surface area contributed by atoms with E-state index in [2.05, 4.69) is 221 Å². The summed E-state index contributed by atoms with van der Waals surface area (Å²) in [5, 5.41) is 2.38. The lowest BCUT2D eigenvalue weighted by Crippen LogP contribution is -2.32. The first kappa shape index (κ1) is 34.7. The topological polar surface area (TPSA) is 12.5 Å². The fourth-order valence-corrected chi connectivity index (χ4v) is 11.8. The van der Waals surface area contributed by atoms with Crippen LogP contribution >= 0.6 is 0 Å². The molecule has 2 heteroatoms. The number of para-hydroxylation sites is 1. The third-order valence-corrected chi connectivity index (χ3v) is 14.7. The summed E-state index contributed by atoms with van der Waals surface area (Å²) in [4.78, 5) is 2.51. The van der Waals surface area contributed by atoms with Crippen LogP contribution < -0.4 is 9.64 Å². The molecule has 0 N–H and O–H groups in total. The minimum atomic E-state index is -0.559. The lowest BCUT2D eigenvalue weighted by Gasteiger charge is -2.39. The van der Waals surface area contributed by atoms with Crippen molar-refractivity contribution in [2.45, 2.75) is 43.9 Å². The van der Waals surface area contributed by atoms with Crippen molar-refractivity contribution >= 4 is 27.8 Å². The fourth-order valence-electron chi connectivity index (χ4n) is 11.8. The van der Waals surface area contributed by atoms with Gasteiger partial charge in [0.2, 0.25) is 0 Å². The minimum Gasteiger partial charge on any atom is -0.457 e. The Labute approximate surface area is 357 Å². The maximum absolute atomic E-state index is 6.83. The molecule has 9 aromatic rings. The second-order valence-corrected chi connectivity index (χ2v) is 18.5. The summed E-state index contributed by atoms with van der Waals surface area (Å²) in [6, 6.07) is 70.4. The van der Waals surface area contributed by atoms with E-state index in [1.165, 1.54) is 88.7 Å². The van der Waals surface area contributed by atoms with E-state index in [1.54, 1.807) is 0 Å². The molecule has 0 saturated heterocycles. The van der Waals surface area contributed by atoms with Crippen molar-refractivity contribution in [3.63, 3.8) is 0 Å². The van der Waals surface area contributed by atoms with Gasteiger partial charge in [-0.3, -0.25) is 0 Å². The predicted molar refractivity (Wildman–Crippen MR) is 251 cm³/mol. The lowest BCUT2D eigenvalue weighted by molar-refractivity contribution is 0.437. The molecule has 2 nitrogen and oxygen atoms in total. The normalized spacial score (nSPS) is 17.3. The van der Waals surface area contributed by atoms with Gasteiger partial charge in [-0.25, -0.2) is 0 Å². The van der Waals surface area contributed by atoms with Crippen LogP contribution in [-0.2, 0) is 16.2 Å². The first-order chi connectivity index (χ1) is 29.7. The van der Waals surface area contributed by atoms with Crippen LogP contribution in [0, 0.1) is 0 Å². The largest absolute Gasteiger partial charge is 0.457 e. The number of anilines is 3. The molecule has 13 rings (SSSR count). The zero-order valence-corrected chi connectivity index (χ0v) is 34.8. The predicted octanol–water partition coefficient (Wildman–Crippen LogP) is 15.4. The van der Waals surface area contributed by atoms with E-state index < -0.39 is 5.41 Å². The van der Waals surface area contributed by atoms with Crippen LogP contribution in [-0.4, -0.2) is 0 Å². The number of hydrogen-bond donors (Lipinski definition) is 0. The van der Waals surface area contributed by atoms with Gasteiger partial charge >= 0.3 is 0 Å². The van der Waals surface area contributed by atoms with Crippen LogP contribution in [0.3, 0.4) is 0 Å². The molecule has 0 amide bonds. The highest BCUT2D eigenvalue weighted by Crippen LogP contribution is 2.63. The van der Waals surface area contributed by atoms with Gasteiger partial charge in [0.05, 0.1) is 5.41 Å². The average Bonchev–Trinajstić information content (AvgIpc) is 3.80. The monoisotopic (exact) mass is 781 g/mol. The third-order valence-electron chi connectivity index (χ3n) is 14.7. The van der Waals surface area contributed by atoms with E-state index in [1.807, 2.05) is 0 Å². The number of fused-ring (bicyclic) bond motifs is 16. The molecule has 1 spiro atoms. The van der Waals surface area contributed by atoms with Crippen molar-refractivity contribution in [1.82, 2.24) is 0 Å². The van der Waals surface area contributed by atoms with Crippen molar-refractivity contribution < 1.29 is 4.74 Å². The van der Waals surface area contributed by atoms with E-state index in [0.29, 0.717) is 0 Å². The Morgan fingerprint density at radius 3 is 1.38 bits per heavy atom. The molecule has 3 aliphatic carbocycles. The quantitative estimate of drug-likeness (QED) is 0.177. The zero-order chi connectivity index (χ0) is 40.8. The van der Waals surface area contributed by atoms with Gasteiger partial charge in [0, 0.05) is 39.0 Å². The standard InChI is InChI=1S/C59H43NO/c1-57(2)47-20-10-7-17-41(47)44-28-25-39(34-52(44)57)60(40-26-29-45-42-18-8-11-21-48(42)58(3,4)53(45)35-40)38-27-30-50-46(33-38)43-19-9-12-22-49(43)59(50)51-23-13-14-24-55(51)61-56-32-37-16-6-5-15-36(37)31-54(56)59/h5-35H,1-4H3. The molecule has 9 aromatic carbocycles. The van der Waals surface area contributed by atoms with Crippen LogP contribution in [0.15, 0.2) is 188 Å². The summed E-state index contributed by atoms with van der Waals surface area (Å²) in [5.41, 5.74) is 20.8. The summed E-state index contributed by atoms with van der Waals surface area (Å²) < 4.78 is 6.83. The molecule has 0 saturated carbocycles. The number of hydrogen-bond acceptors (Lipinski definition) is 2. The maximum atomic E-state index is 6.83. The summed E-state index contributed by atoms with van der Waals surface area (Å²) in [5.74, 6) is 1.82. The molecule has 4 aliphatic rings. The molecular weight excluding hydrogens is 739 g/mol. The highest BCUT2D eigenvalue weighted by Gasteiger charge is 2.51. The Kier molecular flexibility index (Phi) is 6.81. The molecule has 0 fully saturated rings. The van der Waals surface area contributed by atoms with Gasteiger partial charge in [-0.15, -0.1) is 0 Å². The molecule has 0 radical (unpaired) electrons. The van der Waals surface area contributed by atoms with Gasteiger partial charge < -0.3 is 9.64 Å². The van der Waals surface area contributed by atoms with E-state index in [9.17, 15) is 0 Å². The Hall–Kier alpha value is -7.16. The molecule has 1 heterocycles. The smallest absolute Gasteiger partial charge is 0.132 e. The highest BCUT2D eigenvalue weighted by molar-refractivity contribution is 5.95. The number of ether oxygens (including phenoxy) is 1. The van der Waals surface area contributed by atoms with Crippen molar-refractivity contribution in [3.05, 3.63) is 233 Å². The van der Waals surface area contributed by atoms with Gasteiger partial charge in [0.15, 0.2) is 0 Å². The molecule has 1 aliphatic heterocycles. The zero-order valence-electron chi connectivity index (χ0n) is 34.8. The van der Waals surface area contributed by atoms with Crippen LogP contribution in [0.2, 0.25) is 0 Å². The molecule has 1 unspecified atom stereocenters. The molecular formula is C59H43NO. The van der Waals surface area contributed by atoms with Gasteiger partial charge in [-0.2, -0.15) is 0 Å². The van der Waals surface area contributed by atoms with E-state index >= 15 is 0 Å². The Morgan fingerprint density at radius 2 is 0.754 bits per heavy atom. The molecule has 1 atom stereocenters. The summed E-state index contributed by atoms with van der Waals surface area (Å²) in [7, 11) is 0. The summed E-state index contributed by atoms with van der Waals surface area (Å²) >= 11 is 0. The van der Waals surface area contributed by atoms with Gasteiger partial charge in [-0.05, 0) is 132 Å². The third kappa shape index (κ3) is 4.47. The van der Waals surface area contributed by atoms with Gasteiger partial charge in [0.1, 0.15) is 11.5 Å². The van der Waals surface area contributed by atoms with Crippen molar-refractivity contribution in [2.24, 2.45) is 0 Å². The Bertz CT molecular complexity index is 3260. The van der Waals surface area contributed by atoms with Crippen molar-refractivity contribution in [2.75, 3.05) is 4.90 Å². The van der Waals surface area contributed by atoms with Gasteiger partial charge in [0.25, 0.3) is 0 Å². The maximum Gasteiger partial charge on any atom is 0.132 e. The van der Waals surface area contributed by atoms with Crippen molar-refractivity contribution in [1.29, 1.82) is 0 Å². The van der Waals surface area contributed by atoms with Crippen LogP contribution in [0.4, 0.5) is 17.1 Å². The second-order valence-electron chi connectivity index (χ2n) is 18.5. The van der Waals surface area contributed by atoms with Crippen LogP contribution in [0.25, 0.3) is 44.2 Å². The fraction of sp³-hybridized carbons (Fsp3) is 0.119. The minimum absolute atomic E-state index is 0.132. The van der Waals surface area contributed by atoms with E-state index in [4.69, 9.17) is 4.74 Å². The van der Waals surface area contributed by atoms with Crippen molar-refractivity contribution in [3.8, 4) is 44.9 Å². The van der Waals surface area contributed by atoms with Crippen LogP contribution in [0.1, 0.15) is 72.2 Å². The molecule has 290 valence electrons. The van der Waals surface area contributed by atoms with Crippen LogP contribution in [0.5, 0.6) is 11.5 Å². The summed E-state index contributed by atoms with van der Waals surface area (Å²) in [6.07, 6.45) is 0. The molecule has 61 heavy (non-hydrogen) atoms. The molecule has 0 bridgehead atoms. The number of benzene rings is 9. The Morgan fingerprint density at radius 1 is 0.311 bits per heavy atom. The van der Waals surface area contributed by atoms with E-state index in [0.717, 1.165) is 28.6 Å². The highest BCUT2D eigenvalue weighted by atomic mass is 16.5. The Balaban J connectivity index is 1.06. The average molecular weight is 782 g/mol. The SMILES string of the molecule is CC1(C)c2ccccc2-c2ccc(N(c3ccc4c(c3)-c3ccccc3C43c4ccccc4Oc4cc5ccccc5cc43)c3ccc4c(c3)C(C)(C)c3ccccc3-4)cc21. The molecule has 0 aromatic heterocycles. The number of nitrogens with zero attached hydrogens (tertiary/aromatic N) is 1. The van der Waals surface area contributed by atoms with Gasteiger partial charge in [-0.1, -0.05) is 161 Å². The van der Waals surface area contributed by atoms with E-state index in [-0.39, 0.29) is 10.8 Å². The first-order valence-electron chi connectivity index (χ1n) is 21.6. The summed E-state index contributed by atoms with van der Waals surface area (Å²) in [6.45, 7) is 9.50. The number of rotatable bonds is 3. The lowest BCUT2D eigenvalue weighted by atomic mass is 9.66. The second kappa shape index (κ2) is 12.0. The first-order valence-corrected chi connectivity index (χ1v) is 21.6.